The minimum absolute atomic E-state index is 0.368. The molecule has 0 saturated carbocycles. The summed E-state index contributed by atoms with van der Waals surface area (Å²) in [5.74, 6) is 2.55. The Morgan fingerprint density at radius 3 is 1.69 bits per heavy atom. The van der Waals surface area contributed by atoms with Crippen LogP contribution < -0.4 is 15.8 Å². The number of anilines is 2. The standard InChI is InChI=1S/C22H20N4O3.C14H12N4O2/c1-28-19-9-3-15(4-10-19)13-25-22-23-12-11-18-14-24-20(26(18)22)16-5-7-17(8-6-16)21(27)29-2;1-20-13(19)10-4-2-9(3-5-10)12-17-8-11-6-7-16-14(15)18(11)12/h3-12,14H,13H2,1-2H3,(H,23,25);2-8H,1H3,(H2,15,16). The van der Waals surface area contributed by atoms with Gasteiger partial charge in [-0.2, -0.15) is 0 Å². The van der Waals surface area contributed by atoms with Crippen LogP contribution in [0.2, 0.25) is 0 Å². The third kappa shape index (κ3) is 6.86. The van der Waals surface area contributed by atoms with Gasteiger partial charge in [0.15, 0.2) is 0 Å². The van der Waals surface area contributed by atoms with Crippen molar-refractivity contribution in [3.05, 3.63) is 126 Å². The van der Waals surface area contributed by atoms with E-state index in [1.165, 1.54) is 14.2 Å². The maximum absolute atomic E-state index is 11.7. The zero-order valence-corrected chi connectivity index (χ0v) is 26.9. The van der Waals surface area contributed by atoms with E-state index in [4.69, 9.17) is 15.2 Å². The Kier molecular flexibility index (Phi) is 9.42. The maximum atomic E-state index is 11.7. The van der Waals surface area contributed by atoms with Gasteiger partial charge in [-0.15, -0.1) is 0 Å². The molecule has 0 saturated heterocycles. The van der Waals surface area contributed by atoms with E-state index in [9.17, 15) is 9.59 Å². The molecule has 0 unspecified atom stereocenters. The lowest BCUT2D eigenvalue weighted by molar-refractivity contribution is 0.0592. The summed E-state index contributed by atoms with van der Waals surface area (Å²) in [5, 5.41) is 3.37. The van der Waals surface area contributed by atoms with E-state index in [0.29, 0.717) is 35.4 Å². The van der Waals surface area contributed by atoms with Crippen molar-refractivity contribution < 1.29 is 23.8 Å². The Hall–Kier alpha value is -6.76. The second-order valence-electron chi connectivity index (χ2n) is 10.6. The summed E-state index contributed by atoms with van der Waals surface area (Å²) in [5.41, 5.74) is 11.5. The highest BCUT2D eigenvalue weighted by Crippen LogP contribution is 2.25. The number of hydrogen-bond acceptors (Lipinski definition) is 11. The number of nitrogens with one attached hydrogen (secondary N) is 1. The number of carbonyl (C=O) groups excluding carboxylic acids is 2. The minimum atomic E-state index is -0.370. The lowest BCUT2D eigenvalue weighted by atomic mass is 10.1. The molecule has 3 N–H and O–H groups in total. The number of imidazole rings is 2. The molecule has 0 bridgehead atoms. The number of nitrogen functional groups attached to an aromatic ring is 1. The minimum Gasteiger partial charge on any atom is -0.497 e. The summed E-state index contributed by atoms with van der Waals surface area (Å²) in [4.78, 5) is 40.5. The predicted molar refractivity (Wildman–Crippen MR) is 184 cm³/mol. The highest BCUT2D eigenvalue weighted by Gasteiger charge is 2.13. The SMILES string of the molecule is COC(=O)c1ccc(-c2ncc3ccnc(N)n23)cc1.COC(=O)c1ccc(-c2ncc3ccnc(NCc4ccc(OC)cc4)n23)cc1. The summed E-state index contributed by atoms with van der Waals surface area (Å²) in [7, 11) is 4.37. The van der Waals surface area contributed by atoms with Crippen LogP contribution in [-0.2, 0) is 16.0 Å². The molecular weight excluding hydrogens is 624 g/mol. The highest BCUT2D eigenvalue weighted by atomic mass is 16.5. The zero-order chi connectivity index (χ0) is 34.3. The van der Waals surface area contributed by atoms with Gasteiger partial charge < -0.3 is 25.3 Å². The molecule has 0 aliphatic heterocycles. The number of ether oxygens (including phenoxy) is 3. The van der Waals surface area contributed by atoms with E-state index in [1.54, 1.807) is 72.7 Å². The van der Waals surface area contributed by atoms with Crippen molar-refractivity contribution in [2.24, 2.45) is 0 Å². The molecule has 0 spiro atoms. The summed E-state index contributed by atoms with van der Waals surface area (Å²) in [6.45, 7) is 0.606. The zero-order valence-electron chi connectivity index (χ0n) is 26.9. The first-order valence-corrected chi connectivity index (χ1v) is 15.0. The number of aromatic nitrogens is 6. The number of rotatable bonds is 8. The maximum Gasteiger partial charge on any atom is 0.337 e. The summed E-state index contributed by atoms with van der Waals surface area (Å²) >= 11 is 0. The molecule has 13 nitrogen and oxygen atoms in total. The fourth-order valence-electron chi connectivity index (χ4n) is 5.12. The third-order valence-corrected chi connectivity index (χ3v) is 7.65. The molecule has 246 valence electrons. The molecule has 7 aromatic rings. The fraction of sp³-hybridized carbons (Fsp3) is 0.111. The van der Waals surface area contributed by atoms with Crippen molar-refractivity contribution in [2.45, 2.75) is 6.54 Å². The van der Waals surface area contributed by atoms with Crippen LogP contribution in [0.25, 0.3) is 33.8 Å². The van der Waals surface area contributed by atoms with Gasteiger partial charge in [0.2, 0.25) is 11.9 Å². The van der Waals surface area contributed by atoms with Crippen LogP contribution in [0.1, 0.15) is 26.3 Å². The molecule has 0 amide bonds. The smallest absolute Gasteiger partial charge is 0.337 e. The monoisotopic (exact) mass is 656 g/mol. The first-order chi connectivity index (χ1) is 23.9. The van der Waals surface area contributed by atoms with E-state index in [2.05, 4.69) is 30.0 Å². The molecule has 7 rings (SSSR count). The van der Waals surface area contributed by atoms with Crippen molar-refractivity contribution in [2.75, 3.05) is 32.4 Å². The van der Waals surface area contributed by atoms with Gasteiger partial charge in [0.05, 0.1) is 55.9 Å². The van der Waals surface area contributed by atoms with Crippen LogP contribution >= 0.6 is 0 Å². The number of nitrogens with zero attached hydrogens (tertiary/aromatic N) is 6. The number of nitrogens with two attached hydrogens (primary N) is 1. The molecule has 3 aromatic carbocycles. The molecule has 0 aliphatic carbocycles. The summed E-state index contributed by atoms with van der Waals surface area (Å²) in [6.07, 6.45) is 6.90. The van der Waals surface area contributed by atoms with E-state index in [1.807, 2.05) is 52.9 Å². The van der Waals surface area contributed by atoms with Crippen LogP contribution in [-0.4, -0.2) is 62.0 Å². The van der Waals surface area contributed by atoms with Crippen molar-refractivity contribution in [1.82, 2.24) is 28.7 Å². The predicted octanol–water partition coefficient (Wildman–Crippen LogP) is 5.57. The molecule has 0 aliphatic rings. The topological polar surface area (TPSA) is 160 Å². The largest absolute Gasteiger partial charge is 0.497 e. The lowest BCUT2D eigenvalue weighted by Gasteiger charge is -2.11. The Morgan fingerprint density at radius 2 is 1.16 bits per heavy atom. The fourth-order valence-corrected chi connectivity index (χ4v) is 5.12. The van der Waals surface area contributed by atoms with Crippen LogP contribution in [0.3, 0.4) is 0 Å². The number of esters is 2. The van der Waals surface area contributed by atoms with E-state index >= 15 is 0 Å². The third-order valence-electron chi connectivity index (χ3n) is 7.65. The second-order valence-corrected chi connectivity index (χ2v) is 10.6. The van der Waals surface area contributed by atoms with Crippen molar-refractivity contribution >= 4 is 34.9 Å². The van der Waals surface area contributed by atoms with Gasteiger partial charge in [0, 0.05) is 30.1 Å². The average molecular weight is 657 g/mol. The number of benzene rings is 3. The van der Waals surface area contributed by atoms with Gasteiger partial charge in [-0.05, 0) is 54.1 Å². The molecular formula is C36H32N8O5. The first kappa shape index (κ1) is 32.2. The molecule has 0 radical (unpaired) electrons. The van der Waals surface area contributed by atoms with Crippen LogP contribution in [0.4, 0.5) is 11.9 Å². The molecule has 0 fully saturated rings. The van der Waals surface area contributed by atoms with Crippen LogP contribution in [0, 0.1) is 0 Å². The number of hydrogen-bond donors (Lipinski definition) is 2. The summed E-state index contributed by atoms with van der Waals surface area (Å²) < 4.78 is 18.3. The van der Waals surface area contributed by atoms with Crippen molar-refractivity contribution in [1.29, 1.82) is 0 Å². The lowest BCUT2D eigenvalue weighted by Crippen LogP contribution is -2.07. The van der Waals surface area contributed by atoms with Crippen molar-refractivity contribution in [3.63, 3.8) is 0 Å². The van der Waals surface area contributed by atoms with Gasteiger partial charge >= 0.3 is 11.9 Å². The Morgan fingerprint density at radius 1 is 0.653 bits per heavy atom. The number of fused-ring (bicyclic) bond motifs is 2. The van der Waals surface area contributed by atoms with Crippen molar-refractivity contribution in [3.8, 4) is 28.5 Å². The number of methoxy groups -OCH3 is 3. The average Bonchev–Trinajstić information content (AvgIpc) is 3.80. The summed E-state index contributed by atoms with van der Waals surface area (Å²) in [6, 6.07) is 25.7. The van der Waals surface area contributed by atoms with Crippen LogP contribution in [0.15, 0.2) is 110 Å². The highest BCUT2D eigenvalue weighted by molar-refractivity contribution is 5.90. The molecule has 13 heteroatoms. The quantitative estimate of drug-likeness (QED) is 0.197. The van der Waals surface area contributed by atoms with Gasteiger partial charge in [0.25, 0.3) is 0 Å². The van der Waals surface area contributed by atoms with Crippen LogP contribution in [0.5, 0.6) is 5.75 Å². The van der Waals surface area contributed by atoms with Gasteiger partial charge in [-0.3, -0.25) is 8.80 Å². The molecule has 0 atom stereocenters. The molecule has 4 heterocycles. The van der Waals surface area contributed by atoms with E-state index in [-0.39, 0.29) is 11.9 Å². The Bertz CT molecular complexity index is 2230. The first-order valence-electron chi connectivity index (χ1n) is 15.0. The Labute approximate surface area is 281 Å². The van der Waals surface area contributed by atoms with Gasteiger partial charge in [-0.25, -0.2) is 29.5 Å². The van der Waals surface area contributed by atoms with Gasteiger partial charge in [0.1, 0.15) is 17.4 Å². The molecule has 49 heavy (non-hydrogen) atoms. The Balaban J connectivity index is 0.000000182. The normalized spacial score (nSPS) is 10.7. The number of carbonyl (C=O) groups is 2. The van der Waals surface area contributed by atoms with Gasteiger partial charge in [-0.1, -0.05) is 36.4 Å². The van der Waals surface area contributed by atoms with E-state index in [0.717, 1.165) is 39.3 Å². The molecule has 4 aromatic heterocycles. The second kappa shape index (κ2) is 14.3. The van der Waals surface area contributed by atoms with E-state index < -0.39 is 0 Å².